The maximum Gasteiger partial charge on any atom is 0.274 e. The maximum absolute atomic E-state index is 10.7. The maximum atomic E-state index is 10.7. The summed E-state index contributed by atoms with van der Waals surface area (Å²) in [7, 11) is -3.68. The van der Waals surface area contributed by atoms with Crippen molar-refractivity contribution in [2.24, 2.45) is 5.14 Å². The highest BCUT2D eigenvalue weighted by Gasteiger charge is 2.01. The number of nitrogens with two attached hydrogens (primary N) is 1. The van der Waals surface area contributed by atoms with Crippen molar-refractivity contribution in [2.75, 3.05) is 6.61 Å². The van der Waals surface area contributed by atoms with Crippen molar-refractivity contribution in [1.29, 1.82) is 0 Å². The Balaban J connectivity index is 2.70. The van der Waals surface area contributed by atoms with Crippen molar-refractivity contribution in [1.82, 2.24) is 4.72 Å². The third-order valence-corrected chi connectivity index (χ3v) is 2.42. The van der Waals surface area contributed by atoms with E-state index in [1.165, 1.54) is 0 Å². The van der Waals surface area contributed by atoms with Gasteiger partial charge in [-0.15, -0.1) is 0 Å². The molecule has 0 bridgehead atoms. The molecule has 0 aliphatic carbocycles. The van der Waals surface area contributed by atoms with Crippen LogP contribution in [0.2, 0.25) is 0 Å². The van der Waals surface area contributed by atoms with E-state index < -0.39 is 10.2 Å². The van der Waals surface area contributed by atoms with E-state index >= 15 is 0 Å². The van der Waals surface area contributed by atoms with Crippen LogP contribution in [0.3, 0.4) is 0 Å². The molecule has 0 radical (unpaired) electrons. The molecule has 92 valence electrons. The normalized spacial score (nSPS) is 10.7. The first kappa shape index (κ1) is 13.7. The lowest BCUT2D eigenvalue weighted by atomic mass is 10.1. The molecule has 1 aromatic rings. The van der Waals surface area contributed by atoms with Crippen LogP contribution in [0.4, 0.5) is 0 Å². The summed E-state index contributed by atoms with van der Waals surface area (Å²) in [5, 5.41) is 13.4. The molecule has 6 heteroatoms. The van der Waals surface area contributed by atoms with Crippen molar-refractivity contribution < 1.29 is 13.5 Å². The Kier molecular flexibility index (Phi) is 5.12. The molecule has 0 unspecified atom stereocenters. The smallest absolute Gasteiger partial charge is 0.274 e. The minimum Gasteiger partial charge on any atom is -0.395 e. The van der Waals surface area contributed by atoms with Gasteiger partial charge in [0.1, 0.15) is 0 Å². The van der Waals surface area contributed by atoms with Gasteiger partial charge in [-0.1, -0.05) is 24.0 Å². The number of hydrogen-bond donors (Lipinski definition) is 3. The third kappa shape index (κ3) is 6.04. The van der Waals surface area contributed by atoms with Gasteiger partial charge in [-0.3, -0.25) is 0 Å². The molecule has 0 fully saturated rings. The van der Waals surface area contributed by atoms with E-state index in [-0.39, 0.29) is 13.2 Å². The van der Waals surface area contributed by atoms with E-state index in [1.807, 2.05) is 6.07 Å². The third-order valence-electron chi connectivity index (χ3n) is 1.87. The molecule has 4 N–H and O–H groups in total. The Morgan fingerprint density at radius 1 is 1.41 bits per heavy atom. The summed E-state index contributed by atoms with van der Waals surface area (Å²) in [6, 6.07) is 7.13. The molecular weight excluding hydrogens is 240 g/mol. The van der Waals surface area contributed by atoms with Crippen molar-refractivity contribution in [3.63, 3.8) is 0 Å². The molecule has 0 saturated carbocycles. The minimum absolute atomic E-state index is 0.0274. The molecule has 17 heavy (non-hydrogen) atoms. The van der Waals surface area contributed by atoms with Gasteiger partial charge < -0.3 is 5.11 Å². The van der Waals surface area contributed by atoms with Gasteiger partial charge in [0.15, 0.2) is 0 Å². The fraction of sp³-hybridized carbons (Fsp3) is 0.273. The molecule has 0 amide bonds. The molecule has 0 heterocycles. The molecule has 0 saturated heterocycles. The van der Waals surface area contributed by atoms with Crippen LogP contribution in [-0.2, 0) is 16.8 Å². The van der Waals surface area contributed by atoms with E-state index in [2.05, 4.69) is 16.6 Å². The lowest BCUT2D eigenvalue weighted by molar-refractivity contribution is 0.305. The van der Waals surface area contributed by atoms with Crippen LogP contribution >= 0.6 is 0 Å². The average Bonchev–Trinajstić information content (AvgIpc) is 2.27. The molecule has 0 spiro atoms. The first-order chi connectivity index (χ1) is 8.01. The predicted octanol–water partition coefficient (Wildman–Crippen LogP) is -0.286. The number of aliphatic hydroxyl groups is 1. The lowest BCUT2D eigenvalue weighted by Crippen LogP contribution is -2.30. The largest absolute Gasteiger partial charge is 0.395 e. The van der Waals surface area contributed by atoms with Gasteiger partial charge in [0.05, 0.1) is 6.61 Å². The monoisotopic (exact) mass is 254 g/mol. The van der Waals surface area contributed by atoms with Crippen LogP contribution in [0.25, 0.3) is 0 Å². The molecular formula is C11H14N2O3S. The van der Waals surface area contributed by atoms with Crippen molar-refractivity contribution in [2.45, 2.75) is 13.0 Å². The van der Waals surface area contributed by atoms with Crippen LogP contribution in [0, 0.1) is 11.8 Å². The van der Waals surface area contributed by atoms with E-state index in [0.29, 0.717) is 6.42 Å². The zero-order chi connectivity index (χ0) is 12.7. The van der Waals surface area contributed by atoms with Gasteiger partial charge in [0, 0.05) is 18.5 Å². The number of hydrogen-bond acceptors (Lipinski definition) is 3. The highest BCUT2D eigenvalue weighted by Crippen LogP contribution is 2.04. The number of nitrogens with one attached hydrogen (secondary N) is 1. The molecule has 1 aromatic carbocycles. The summed E-state index contributed by atoms with van der Waals surface area (Å²) in [4.78, 5) is 0. The number of benzene rings is 1. The summed E-state index contributed by atoms with van der Waals surface area (Å²) >= 11 is 0. The summed E-state index contributed by atoms with van der Waals surface area (Å²) in [6.07, 6.45) is 0.416. The molecule has 0 aromatic heterocycles. The summed E-state index contributed by atoms with van der Waals surface area (Å²) in [6.45, 7) is 0.161. The summed E-state index contributed by atoms with van der Waals surface area (Å²) in [5.74, 6) is 5.65. The molecule has 1 rings (SSSR count). The van der Waals surface area contributed by atoms with Crippen LogP contribution in [0.1, 0.15) is 17.5 Å². The Bertz CT molecular complexity index is 529. The Hall–Kier alpha value is -1.39. The van der Waals surface area contributed by atoms with E-state index in [0.717, 1.165) is 11.1 Å². The predicted molar refractivity (Wildman–Crippen MR) is 65.0 cm³/mol. The molecule has 0 atom stereocenters. The van der Waals surface area contributed by atoms with Gasteiger partial charge in [-0.25, -0.2) is 5.14 Å². The zero-order valence-electron chi connectivity index (χ0n) is 9.18. The fourth-order valence-electron chi connectivity index (χ4n) is 1.16. The number of aliphatic hydroxyl groups excluding tert-OH is 1. The van der Waals surface area contributed by atoms with E-state index in [9.17, 15) is 8.42 Å². The quantitative estimate of drug-likeness (QED) is 0.645. The van der Waals surface area contributed by atoms with Gasteiger partial charge >= 0.3 is 0 Å². The SMILES string of the molecule is NS(=O)(=O)NCc1cccc(C#CCCO)c1. The van der Waals surface area contributed by atoms with Crippen LogP contribution < -0.4 is 9.86 Å². The average molecular weight is 254 g/mol. The Labute approximate surface area is 101 Å². The highest BCUT2D eigenvalue weighted by atomic mass is 32.2. The van der Waals surface area contributed by atoms with Crippen LogP contribution in [0.5, 0.6) is 0 Å². The van der Waals surface area contributed by atoms with Gasteiger partial charge in [0.2, 0.25) is 0 Å². The second kappa shape index (κ2) is 6.37. The lowest BCUT2D eigenvalue weighted by Gasteiger charge is -2.02. The highest BCUT2D eigenvalue weighted by molar-refractivity contribution is 7.87. The van der Waals surface area contributed by atoms with Crippen molar-refractivity contribution in [3.8, 4) is 11.8 Å². The standard InChI is InChI=1S/C11H14N2O3S/c12-17(15,16)13-9-11-6-3-5-10(8-11)4-1-2-7-14/h3,5-6,8,13-14H,2,7,9H2,(H2,12,15,16). The summed E-state index contributed by atoms with van der Waals surface area (Å²) in [5.41, 5.74) is 1.54. The molecule has 0 aliphatic heterocycles. The van der Waals surface area contributed by atoms with Crippen molar-refractivity contribution in [3.05, 3.63) is 35.4 Å². The van der Waals surface area contributed by atoms with Crippen LogP contribution in [-0.4, -0.2) is 20.1 Å². The fourth-order valence-corrected chi connectivity index (χ4v) is 1.53. The minimum atomic E-state index is -3.68. The first-order valence-corrected chi connectivity index (χ1v) is 6.52. The second-order valence-corrected chi connectivity index (χ2v) is 4.72. The van der Waals surface area contributed by atoms with E-state index in [4.69, 9.17) is 10.2 Å². The topological polar surface area (TPSA) is 92.4 Å². The van der Waals surface area contributed by atoms with Crippen LogP contribution in [0.15, 0.2) is 24.3 Å². The summed E-state index contributed by atoms with van der Waals surface area (Å²) < 4.78 is 23.6. The molecule has 5 nitrogen and oxygen atoms in total. The molecule has 0 aliphatic rings. The zero-order valence-corrected chi connectivity index (χ0v) is 10.00. The second-order valence-electron chi connectivity index (χ2n) is 3.34. The van der Waals surface area contributed by atoms with Crippen molar-refractivity contribution >= 4 is 10.2 Å². The Morgan fingerprint density at radius 2 is 2.18 bits per heavy atom. The van der Waals surface area contributed by atoms with Gasteiger partial charge in [-0.05, 0) is 17.7 Å². The van der Waals surface area contributed by atoms with Gasteiger partial charge in [0.25, 0.3) is 10.2 Å². The van der Waals surface area contributed by atoms with E-state index in [1.54, 1.807) is 18.2 Å². The Morgan fingerprint density at radius 3 is 2.82 bits per heavy atom. The van der Waals surface area contributed by atoms with Gasteiger partial charge in [-0.2, -0.15) is 13.1 Å². The first-order valence-electron chi connectivity index (χ1n) is 4.97. The number of rotatable bonds is 4.